The summed E-state index contributed by atoms with van der Waals surface area (Å²) in [6.07, 6.45) is 1.44. The van der Waals surface area contributed by atoms with Crippen molar-refractivity contribution in [3.05, 3.63) is 35.5 Å². The minimum absolute atomic E-state index is 0.116. The fraction of sp³-hybridized carbons (Fsp3) is 0.444. The molecule has 0 atom stereocenters. The molecule has 3 rings (SSSR count). The molecular weight excluding hydrogens is 292 g/mol. The smallest absolute Gasteiger partial charge is 0.295 e. The first kappa shape index (κ1) is 15.7. The van der Waals surface area contributed by atoms with E-state index in [-0.39, 0.29) is 12.0 Å². The van der Waals surface area contributed by atoms with Crippen LogP contribution >= 0.6 is 0 Å². The lowest BCUT2D eigenvalue weighted by atomic mass is 9.81. The van der Waals surface area contributed by atoms with Crippen LogP contribution in [0.1, 0.15) is 35.8 Å². The van der Waals surface area contributed by atoms with Gasteiger partial charge in [-0.3, -0.25) is 9.59 Å². The molecule has 122 valence electrons. The molecule has 5 nitrogen and oxygen atoms in total. The van der Waals surface area contributed by atoms with Crippen molar-refractivity contribution in [3.63, 3.8) is 0 Å². The number of Topliss-reactive ketones (excluding diaryl/α,β-unsaturated/α-hetero) is 1. The van der Waals surface area contributed by atoms with Crippen LogP contribution in [-0.2, 0) is 4.79 Å². The number of rotatable bonds is 3. The summed E-state index contributed by atoms with van der Waals surface area (Å²) in [6.45, 7) is 4.98. The van der Waals surface area contributed by atoms with E-state index in [2.05, 4.69) is 4.98 Å². The number of nitrogens with one attached hydrogen (secondary N) is 1. The van der Waals surface area contributed by atoms with Gasteiger partial charge in [-0.25, -0.2) is 0 Å². The number of hydrogen-bond acceptors (Lipinski definition) is 3. The van der Waals surface area contributed by atoms with E-state index >= 15 is 0 Å². The zero-order valence-corrected chi connectivity index (χ0v) is 13.6. The fourth-order valence-corrected chi connectivity index (χ4v) is 3.23. The summed E-state index contributed by atoms with van der Waals surface area (Å²) in [5, 5.41) is 10.2. The molecule has 2 aromatic rings. The van der Waals surface area contributed by atoms with Gasteiger partial charge in [-0.05, 0) is 31.2 Å². The number of ketones is 1. The molecule has 1 aliphatic rings. The van der Waals surface area contributed by atoms with E-state index in [1.165, 1.54) is 0 Å². The molecule has 5 heteroatoms. The van der Waals surface area contributed by atoms with Gasteiger partial charge in [0.25, 0.3) is 11.7 Å². The van der Waals surface area contributed by atoms with Gasteiger partial charge in [0.05, 0.1) is 5.56 Å². The van der Waals surface area contributed by atoms with Gasteiger partial charge < -0.3 is 15.0 Å². The van der Waals surface area contributed by atoms with Gasteiger partial charge in [-0.1, -0.05) is 25.1 Å². The number of benzene rings is 1. The van der Waals surface area contributed by atoms with Crippen molar-refractivity contribution in [1.82, 2.24) is 9.88 Å². The van der Waals surface area contributed by atoms with Crippen molar-refractivity contribution in [2.75, 3.05) is 19.7 Å². The van der Waals surface area contributed by atoms with Gasteiger partial charge in [-0.2, -0.15) is 0 Å². The molecule has 1 aliphatic heterocycles. The van der Waals surface area contributed by atoms with Gasteiger partial charge in [0.1, 0.15) is 0 Å². The number of likely N-dealkylation sites (tertiary alicyclic amines) is 1. The number of fused-ring (bicyclic) bond motifs is 1. The Morgan fingerprint density at radius 1 is 1.26 bits per heavy atom. The van der Waals surface area contributed by atoms with E-state index in [1.54, 1.807) is 4.90 Å². The Balaban J connectivity index is 1.83. The molecule has 1 fully saturated rings. The van der Waals surface area contributed by atoms with Gasteiger partial charge in [-0.15, -0.1) is 0 Å². The summed E-state index contributed by atoms with van der Waals surface area (Å²) in [5.74, 6) is -0.898. The van der Waals surface area contributed by atoms with E-state index in [9.17, 15) is 14.7 Å². The molecule has 0 unspecified atom stereocenters. The number of carbonyl (C=O) groups is 2. The van der Waals surface area contributed by atoms with Crippen LogP contribution in [0.3, 0.4) is 0 Å². The van der Waals surface area contributed by atoms with E-state index in [1.807, 2.05) is 38.1 Å². The van der Waals surface area contributed by atoms with E-state index in [0.29, 0.717) is 18.7 Å². The van der Waals surface area contributed by atoms with Crippen LogP contribution in [0, 0.1) is 12.3 Å². The molecule has 1 amide bonds. The molecule has 1 saturated heterocycles. The lowest BCUT2D eigenvalue weighted by Crippen LogP contribution is -2.46. The van der Waals surface area contributed by atoms with Crippen molar-refractivity contribution < 1.29 is 14.7 Å². The van der Waals surface area contributed by atoms with E-state index < -0.39 is 11.7 Å². The number of aryl methyl sites for hydroxylation is 1. The number of H-pyrrole nitrogens is 1. The standard InChI is InChI=1S/C18H22N2O3/c1-12-15(13-5-3-4-6-14(13)19-12)16(22)17(23)20-9-7-18(2,11-21)8-10-20/h3-6,19,21H,7-11H2,1-2H3. The predicted octanol–water partition coefficient (Wildman–Crippen LogP) is 2.28. The number of aliphatic hydroxyl groups is 1. The number of aromatic amines is 1. The number of para-hydroxylation sites is 1. The number of hydrogen-bond donors (Lipinski definition) is 2. The second-order valence-electron chi connectivity index (χ2n) is 6.76. The highest BCUT2D eigenvalue weighted by Gasteiger charge is 2.34. The van der Waals surface area contributed by atoms with Crippen LogP contribution in [0.5, 0.6) is 0 Å². The molecule has 0 aliphatic carbocycles. The third-order valence-electron chi connectivity index (χ3n) is 4.95. The molecule has 2 heterocycles. The summed E-state index contributed by atoms with van der Waals surface area (Å²) in [5.41, 5.74) is 1.92. The van der Waals surface area contributed by atoms with Crippen LogP contribution < -0.4 is 0 Å². The number of nitrogens with zero attached hydrogens (tertiary/aromatic N) is 1. The van der Waals surface area contributed by atoms with Crippen LogP contribution in [0.4, 0.5) is 0 Å². The first-order chi connectivity index (χ1) is 10.9. The quantitative estimate of drug-likeness (QED) is 0.674. The number of piperidine rings is 1. The first-order valence-corrected chi connectivity index (χ1v) is 7.97. The molecule has 0 spiro atoms. The third-order valence-corrected chi connectivity index (χ3v) is 4.95. The number of carbonyl (C=O) groups excluding carboxylic acids is 2. The SMILES string of the molecule is Cc1[nH]c2ccccc2c1C(=O)C(=O)N1CCC(C)(CO)CC1. The Hall–Kier alpha value is -2.14. The minimum atomic E-state index is -0.451. The summed E-state index contributed by atoms with van der Waals surface area (Å²) in [4.78, 5) is 30.1. The van der Waals surface area contributed by atoms with Crippen molar-refractivity contribution in [2.24, 2.45) is 5.41 Å². The van der Waals surface area contributed by atoms with Crippen LogP contribution in [-0.4, -0.2) is 46.4 Å². The summed E-state index contributed by atoms with van der Waals surface area (Å²) < 4.78 is 0. The second-order valence-corrected chi connectivity index (χ2v) is 6.76. The number of aliphatic hydroxyl groups excluding tert-OH is 1. The van der Waals surface area contributed by atoms with Gasteiger partial charge >= 0.3 is 0 Å². The lowest BCUT2D eigenvalue weighted by Gasteiger charge is -2.37. The minimum Gasteiger partial charge on any atom is -0.396 e. The highest BCUT2D eigenvalue weighted by atomic mass is 16.3. The van der Waals surface area contributed by atoms with E-state index in [4.69, 9.17) is 0 Å². The van der Waals surface area contributed by atoms with Crippen molar-refractivity contribution >= 4 is 22.6 Å². The summed E-state index contributed by atoms with van der Waals surface area (Å²) in [6, 6.07) is 7.52. The number of amides is 1. The summed E-state index contributed by atoms with van der Waals surface area (Å²) >= 11 is 0. The molecular formula is C18H22N2O3. The van der Waals surface area contributed by atoms with Crippen molar-refractivity contribution in [3.8, 4) is 0 Å². The van der Waals surface area contributed by atoms with Gasteiger partial charge in [0.15, 0.2) is 0 Å². The Kier molecular flexibility index (Phi) is 3.98. The average Bonchev–Trinajstić information content (AvgIpc) is 2.90. The first-order valence-electron chi connectivity index (χ1n) is 7.97. The van der Waals surface area contributed by atoms with Crippen LogP contribution in [0.15, 0.2) is 24.3 Å². The summed E-state index contributed by atoms with van der Waals surface area (Å²) in [7, 11) is 0. The second kappa shape index (κ2) is 5.81. The Bertz CT molecular complexity index is 755. The Labute approximate surface area is 135 Å². The maximum absolute atomic E-state index is 12.7. The molecule has 0 saturated carbocycles. The normalized spacial score (nSPS) is 17.4. The number of aromatic nitrogens is 1. The largest absolute Gasteiger partial charge is 0.396 e. The lowest BCUT2D eigenvalue weighted by molar-refractivity contribution is -0.129. The molecule has 1 aromatic carbocycles. The Morgan fingerprint density at radius 2 is 1.91 bits per heavy atom. The Morgan fingerprint density at radius 3 is 2.57 bits per heavy atom. The molecule has 1 aromatic heterocycles. The fourth-order valence-electron chi connectivity index (χ4n) is 3.23. The molecule has 0 radical (unpaired) electrons. The van der Waals surface area contributed by atoms with Crippen molar-refractivity contribution in [2.45, 2.75) is 26.7 Å². The predicted molar refractivity (Wildman–Crippen MR) is 88.4 cm³/mol. The third kappa shape index (κ3) is 2.77. The highest BCUT2D eigenvalue weighted by molar-refractivity contribution is 6.45. The van der Waals surface area contributed by atoms with Crippen molar-refractivity contribution in [1.29, 1.82) is 0 Å². The maximum Gasteiger partial charge on any atom is 0.295 e. The topological polar surface area (TPSA) is 73.4 Å². The van der Waals surface area contributed by atoms with Crippen LogP contribution in [0.2, 0.25) is 0 Å². The van der Waals surface area contributed by atoms with E-state index in [0.717, 1.165) is 29.4 Å². The van der Waals surface area contributed by atoms with Gasteiger partial charge in [0.2, 0.25) is 0 Å². The molecule has 23 heavy (non-hydrogen) atoms. The monoisotopic (exact) mass is 314 g/mol. The maximum atomic E-state index is 12.7. The highest BCUT2D eigenvalue weighted by Crippen LogP contribution is 2.31. The zero-order chi connectivity index (χ0) is 16.6. The zero-order valence-electron chi connectivity index (χ0n) is 13.6. The molecule has 0 bridgehead atoms. The molecule has 2 N–H and O–H groups in total. The average molecular weight is 314 g/mol. The van der Waals surface area contributed by atoms with Gasteiger partial charge in [0, 0.05) is 36.3 Å². The van der Waals surface area contributed by atoms with Crippen LogP contribution in [0.25, 0.3) is 10.9 Å².